The molecule has 0 atom stereocenters. The van der Waals surface area contributed by atoms with Gasteiger partial charge in [-0.25, -0.2) is 0 Å². The Morgan fingerprint density at radius 1 is 1.00 bits per heavy atom. The van der Waals surface area contributed by atoms with Crippen molar-refractivity contribution in [2.24, 2.45) is 0 Å². The molecule has 7 heteroatoms. The predicted molar refractivity (Wildman–Crippen MR) is 97.4 cm³/mol. The minimum absolute atomic E-state index is 0.0427. The van der Waals surface area contributed by atoms with Crippen LogP contribution in [-0.2, 0) is 19.8 Å². The van der Waals surface area contributed by atoms with Crippen LogP contribution in [0.5, 0.6) is 5.75 Å². The van der Waals surface area contributed by atoms with E-state index in [0.717, 1.165) is 24.8 Å². The molecule has 142 valence electrons. The van der Waals surface area contributed by atoms with E-state index < -0.39 is 17.7 Å². The molecule has 0 radical (unpaired) electrons. The normalized spacial score (nSPS) is 14.5. The highest BCUT2D eigenvalue weighted by molar-refractivity contribution is 6.35. The number of amides is 3. The summed E-state index contributed by atoms with van der Waals surface area (Å²) < 4.78 is 5.39. The van der Waals surface area contributed by atoms with Crippen molar-refractivity contribution >= 4 is 17.7 Å². The Hall–Kier alpha value is -2.57. The highest BCUT2D eigenvalue weighted by Gasteiger charge is 2.23. The van der Waals surface area contributed by atoms with E-state index in [1.807, 2.05) is 12.1 Å². The molecule has 1 heterocycles. The van der Waals surface area contributed by atoms with Crippen LogP contribution in [0, 0.1) is 0 Å². The lowest BCUT2D eigenvalue weighted by atomic mass is 9.87. The average Bonchev–Trinajstić information content (AvgIpc) is 2.64. The fourth-order valence-electron chi connectivity index (χ4n) is 2.66. The first-order valence-corrected chi connectivity index (χ1v) is 8.89. The zero-order valence-corrected chi connectivity index (χ0v) is 15.6. The van der Waals surface area contributed by atoms with Crippen LogP contribution in [0.2, 0.25) is 0 Å². The lowest BCUT2D eigenvalue weighted by Crippen LogP contribution is -2.51. The molecule has 1 aliphatic heterocycles. The summed E-state index contributed by atoms with van der Waals surface area (Å²) >= 11 is 0. The second kappa shape index (κ2) is 8.69. The Labute approximate surface area is 154 Å². The monoisotopic (exact) mass is 361 g/mol. The molecule has 3 amide bonds. The van der Waals surface area contributed by atoms with Crippen LogP contribution < -0.4 is 15.6 Å². The molecule has 2 rings (SSSR count). The van der Waals surface area contributed by atoms with E-state index in [1.165, 1.54) is 4.90 Å². The predicted octanol–water partition coefficient (Wildman–Crippen LogP) is 1.52. The third-order valence-electron chi connectivity index (χ3n) is 4.24. The molecule has 0 bridgehead atoms. The highest BCUT2D eigenvalue weighted by atomic mass is 16.5. The third kappa shape index (κ3) is 5.75. The maximum Gasteiger partial charge on any atom is 0.327 e. The Kier molecular flexibility index (Phi) is 6.60. The van der Waals surface area contributed by atoms with Crippen molar-refractivity contribution in [2.45, 2.75) is 45.4 Å². The van der Waals surface area contributed by atoms with E-state index in [1.54, 1.807) is 12.1 Å². The maximum absolute atomic E-state index is 11.9. The number of ether oxygens (including phenoxy) is 1. The van der Waals surface area contributed by atoms with Gasteiger partial charge in [-0.1, -0.05) is 32.9 Å². The minimum atomic E-state index is -0.838. The van der Waals surface area contributed by atoms with Gasteiger partial charge in [-0.2, -0.15) is 0 Å². The van der Waals surface area contributed by atoms with Crippen LogP contribution in [0.1, 0.15) is 45.6 Å². The zero-order chi connectivity index (χ0) is 19.2. The number of likely N-dealkylation sites (tertiary alicyclic amines) is 1. The van der Waals surface area contributed by atoms with Crippen LogP contribution in [0.15, 0.2) is 24.3 Å². The molecule has 1 fully saturated rings. The maximum atomic E-state index is 11.9. The second-order valence-electron chi connectivity index (χ2n) is 7.42. The lowest BCUT2D eigenvalue weighted by Gasteiger charge is -2.25. The molecule has 2 N–H and O–H groups in total. The fourth-order valence-corrected chi connectivity index (χ4v) is 2.66. The molecule has 1 aromatic rings. The van der Waals surface area contributed by atoms with E-state index in [4.69, 9.17) is 4.74 Å². The van der Waals surface area contributed by atoms with Crippen molar-refractivity contribution in [3.63, 3.8) is 0 Å². The van der Waals surface area contributed by atoms with Crippen LogP contribution in [0.3, 0.4) is 0 Å². The quantitative estimate of drug-likeness (QED) is 0.631. The van der Waals surface area contributed by atoms with E-state index in [9.17, 15) is 14.4 Å². The number of nitrogens with one attached hydrogen (secondary N) is 2. The summed E-state index contributed by atoms with van der Waals surface area (Å²) in [4.78, 5) is 37.0. The van der Waals surface area contributed by atoms with Crippen LogP contribution >= 0.6 is 0 Å². The zero-order valence-electron chi connectivity index (χ0n) is 15.6. The van der Waals surface area contributed by atoms with Crippen LogP contribution in [0.25, 0.3) is 0 Å². The molecule has 0 aliphatic carbocycles. The molecular weight excluding hydrogens is 334 g/mol. The number of hydrogen-bond donors (Lipinski definition) is 2. The number of nitrogens with zero attached hydrogens (tertiary/aromatic N) is 1. The Morgan fingerprint density at radius 2 is 1.62 bits per heavy atom. The van der Waals surface area contributed by atoms with Gasteiger partial charge in [-0.3, -0.25) is 25.2 Å². The molecule has 1 saturated heterocycles. The number of hydrazine groups is 1. The van der Waals surface area contributed by atoms with Gasteiger partial charge in [0.15, 0.2) is 6.61 Å². The first-order valence-electron chi connectivity index (χ1n) is 8.89. The second-order valence-corrected chi connectivity index (χ2v) is 7.42. The van der Waals surface area contributed by atoms with Gasteiger partial charge in [-0.15, -0.1) is 0 Å². The first-order chi connectivity index (χ1) is 12.3. The number of rotatable bonds is 3. The van der Waals surface area contributed by atoms with Gasteiger partial charge in [-0.05, 0) is 42.4 Å². The topological polar surface area (TPSA) is 87.7 Å². The molecule has 0 spiro atoms. The van der Waals surface area contributed by atoms with Crippen LogP contribution in [-0.4, -0.2) is 42.3 Å². The highest BCUT2D eigenvalue weighted by Crippen LogP contribution is 2.24. The molecule has 26 heavy (non-hydrogen) atoms. The van der Waals surface area contributed by atoms with Gasteiger partial charge in [0.2, 0.25) is 0 Å². The van der Waals surface area contributed by atoms with Crippen molar-refractivity contribution in [3.8, 4) is 5.75 Å². The summed E-state index contributed by atoms with van der Waals surface area (Å²) in [6, 6.07) is 7.50. The summed E-state index contributed by atoms with van der Waals surface area (Å²) in [6.07, 6.45) is 2.86. The van der Waals surface area contributed by atoms with Crippen molar-refractivity contribution in [1.29, 1.82) is 0 Å². The van der Waals surface area contributed by atoms with Gasteiger partial charge in [0, 0.05) is 13.1 Å². The minimum Gasteiger partial charge on any atom is -0.484 e. The number of benzene rings is 1. The van der Waals surface area contributed by atoms with Gasteiger partial charge in [0.1, 0.15) is 5.75 Å². The third-order valence-corrected chi connectivity index (χ3v) is 4.24. The Morgan fingerprint density at radius 3 is 2.19 bits per heavy atom. The SMILES string of the molecule is CC(C)(C)c1ccc(OCC(=O)NNC(=O)C(=O)N2CCCCC2)cc1. The molecular formula is C19H27N3O4. The summed E-state index contributed by atoms with van der Waals surface area (Å²) in [5.41, 5.74) is 5.54. The summed E-state index contributed by atoms with van der Waals surface area (Å²) in [5, 5.41) is 0. The number of carbonyl (C=O) groups excluding carboxylic acids is 3. The Balaban J connectivity index is 1.73. The molecule has 1 aromatic carbocycles. The standard InChI is InChI=1S/C19H27N3O4/c1-19(2,3)14-7-9-15(10-8-14)26-13-16(23)20-21-17(24)18(25)22-11-5-4-6-12-22/h7-10H,4-6,11-13H2,1-3H3,(H,20,23)(H,21,24). The van der Waals surface area contributed by atoms with Gasteiger partial charge in [0.05, 0.1) is 0 Å². The summed E-state index contributed by atoms with van der Waals surface area (Å²) in [5.74, 6) is -1.44. The van der Waals surface area contributed by atoms with Gasteiger partial charge < -0.3 is 9.64 Å². The number of hydrogen-bond acceptors (Lipinski definition) is 4. The molecule has 0 saturated carbocycles. The Bertz CT molecular complexity index is 644. The van der Waals surface area contributed by atoms with Crippen molar-refractivity contribution in [2.75, 3.05) is 19.7 Å². The van der Waals surface area contributed by atoms with Crippen molar-refractivity contribution < 1.29 is 19.1 Å². The fraction of sp³-hybridized carbons (Fsp3) is 0.526. The van der Waals surface area contributed by atoms with E-state index in [2.05, 4.69) is 31.6 Å². The smallest absolute Gasteiger partial charge is 0.327 e. The van der Waals surface area contributed by atoms with Crippen molar-refractivity contribution in [1.82, 2.24) is 15.8 Å². The summed E-state index contributed by atoms with van der Waals surface area (Å²) in [6.45, 7) is 7.24. The molecule has 0 aromatic heterocycles. The first kappa shape index (κ1) is 19.8. The molecule has 0 unspecified atom stereocenters. The largest absolute Gasteiger partial charge is 0.484 e. The molecule has 7 nitrogen and oxygen atoms in total. The lowest BCUT2D eigenvalue weighted by molar-refractivity contribution is -0.147. The number of carbonyl (C=O) groups is 3. The van der Waals surface area contributed by atoms with Crippen molar-refractivity contribution in [3.05, 3.63) is 29.8 Å². The average molecular weight is 361 g/mol. The van der Waals surface area contributed by atoms with E-state index >= 15 is 0 Å². The molecule has 1 aliphatic rings. The van der Waals surface area contributed by atoms with Crippen LogP contribution in [0.4, 0.5) is 0 Å². The van der Waals surface area contributed by atoms with Gasteiger partial charge in [0.25, 0.3) is 5.91 Å². The van der Waals surface area contributed by atoms with E-state index in [-0.39, 0.29) is 12.0 Å². The van der Waals surface area contributed by atoms with E-state index in [0.29, 0.717) is 18.8 Å². The summed E-state index contributed by atoms with van der Waals surface area (Å²) in [7, 11) is 0. The number of piperidine rings is 1. The van der Waals surface area contributed by atoms with Gasteiger partial charge >= 0.3 is 11.8 Å².